The second kappa shape index (κ2) is 13.4. The van der Waals surface area contributed by atoms with E-state index in [0.29, 0.717) is 24.4 Å². The number of hydrogen-bond donors (Lipinski definition) is 0. The van der Waals surface area contributed by atoms with Crippen LogP contribution in [0.1, 0.15) is 56.8 Å². The average Bonchev–Trinajstić information content (AvgIpc) is 3.53. The molecule has 0 bridgehead atoms. The molecule has 2 aromatic carbocycles. The number of morpholine rings is 1. The number of carbonyl (C=O) groups excluding carboxylic acids is 1. The van der Waals surface area contributed by atoms with Crippen molar-refractivity contribution >= 4 is 22.3 Å². The third-order valence-corrected chi connectivity index (χ3v) is 7.94. The zero-order valence-corrected chi connectivity index (χ0v) is 24.4. The van der Waals surface area contributed by atoms with Crippen LogP contribution in [0.25, 0.3) is 26.8 Å². The fraction of sp³-hybridized carbons (Fsp3) is 0.452. The van der Waals surface area contributed by atoms with Gasteiger partial charge in [-0.1, -0.05) is 36.3 Å². The van der Waals surface area contributed by atoms with Gasteiger partial charge in [0.1, 0.15) is 10.8 Å². The normalized spacial score (nSPS) is 17.8. The van der Waals surface area contributed by atoms with Crippen LogP contribution in [0.15, 0.2) is 54.7 Å². The number of unbranched alkanes of at least 4 members (excludes halogenated alkanes) is 3. The number of imidazole rings is 1. The molecule has 2 atom stereocenters. The predicted molar refractivity (Wildman–Crippen MR) is 158 cm³/mol. The van der Waals surface area contributed by atoms with E-state index in [1.165, 1.54) is 19.3 Å². The van der Waals surface area contributed by atoms with Gasteiger partial charge in [-0.05, 0) is 76.6 Å². The minimum Gasteiger partial charge on any atom is -0.494 e. The first kappa shape index (κ1) is 28.3. The van der Waals surface area contributed by atoms with Gasteiger partial charge in [0.05, 0.1) is 42.9 Å². The summed E-state index contributed by atoms with van der Waals surface area (Å²) in [6.45, 7) is 10.5. The molecule has 40 heavy (non-hydrogen) atoms. The standard InChI is InChI=1S/C31H38N4O4S/c1-4-37-30(36)26-11-9-24(10-12-26)28-21-35-31(32-28)40-29(33-35)25-13-15-27(16-14-25)38-18-8-6-5-7-17-34-19-22(2)39-23(3)20-34/h9-16,21-23H,4-8,17-20H2,1-3H3/t22-,23+. The van der Waals surface area contributed by atoms with Gasteiger partial charge >= 0.3 is 5.97 Å². The lowest BCUT2D eigenvalue weighted by Gasteiger charge is -2.35. The first-order valence-corrected chi connectivity index (χ1v) is 15.0. The monoisotopic (exact) mass is 562 g/mol. The van der Waals surface area contributed by atoms with Crippen molar-refractivity contribution in [2.75, 3.05) is 32.8 Å². The molecular weight excluding hydrogens is 524 g/mol. The summed E-state index contributed by atoms with van der Waals surface area (Å²) in [5, 5.41) is 5.63. The number of carbonyl (C=O) groups is 1. The Morgan fingerprint density at radius 2 is 1.68 bits per heavy atom. The molecule has 0 amide bonds. The lowest BCUT2D eigenvalue weighted by atomic mass is 10.1. The molecule has 1 aliphatic heterocycles. The first-order chi connectivity index (χ1) is 19.5. The van der Waals surface area contributed by atoms with Crippen molar-refractivity contribution < 1.29 is 19.0 Å². The van der Waals surface area contributed by atoms with Crippen molar-refractivity contribution in [2.24, 2.45) is 0 Å². The maximum Gasteiger partial charge on any atom is 0.338 e. The second-order valence-corrected chi connectivity index (χ2v) is 11.3. The van der Waals surface area contributed by atoms with E-state index in [9.17, 15) is 4.79 Å². The molecule has 0 aliphatic carbocycles. The van der Waals surface area contributed by atoms with E-state index in [1.54, 1.807) is 34.9 Å². The highest BCUT2D eigenvalue weighted by atomic mass is 32.1. The molecule has 0 radical (unpaired) electrons. The Hall–Kier alpha value is -3.27. The minimum atomic E-state index is -0.317. The molecular formula is C31H38N4O4S. The Labute approximate surface area is 239 Å². The quantitative estimate of drug-likeness (QED) is 0.147. The third-order valence-electron chi connectivity index (χ3n) is 6.97. The minimum absolute atomic E-state index is 0.317. The van der Waals surface area contributed by atoms with Crippen molar-refractivity contribution in [2.45, 2.75) is 58.7 Å². The van der Waals surface area contributed by atoms with Crippen molar-refractivity contribution in [3.05, 3.63) is 60.3 Å². The van der Waals surface area contributed by atoms with Crippen molar-refractivity contribution in [3.63, 3.8) is 0 Å². The SMILES string of the molecule is CCOC(=O)c1ccc(-c2cn3nc(-c4ccc(OCCCCCCN5C[C@@H](C)O[C@@H](C)C5)cc4)sc3n2)cc1. The largest absolute Gasteiger partial charge is 0.494 e. The maximum atomic E-state index is 11.9. The van der Waals surface area contributed by atoms with Crippen molar-refractivity contribution in [1.29, 1.82) is 0 Å². The van der Waals surface area contributed by atoms with Crippen molar-refractivity contribution in [1.82, 2.24) is 19.5 Å². The van der Waals surface area contributed by atoms with Crippen LogP contribution in [-0.2, 0) is 9.47 Å². The highest BCUT2D eigenvalue weighted by Gasteiger charge is 2.21. The number of aromatic nitrogens is 3. The Kier molecular flexibility index (Phi) is 9.46. The van der Waals surface area contributed by atoms with E-state index in [4.69, 9.17) is 24.3 Å². The lowest BCUT2D eigenvalue weighted by molar-refractivity contribution is -0.0681. The molecule has 0 saturated carbocycles. The number of esters is 1. The van der Waals surface area contributed by atoms with Gasteiger partial charge in [0.2, 0.25) is 4.96 Å². The van der Waals surface area contributed by atoms with Gasteiger partial charge in [0.15, 0.2) is 0 Å². The third kappa shape index (κ3) is 7.27. The average molecular weight is 563 g/mol. The molecule has 9 heteroatoms. The summed E-state index contributed by atoms with van der Waals surface area (Å²) in [6, 6.07) is 15.4. The van der Waals surface area contributed by atoms with Crippen LogP contribution in [0, 0.1) is 0 Å². The number of benzene rings is 2. The molecule has 3 heterocycles. The molecule has 1 saturated heterocycles. The van der Waals surface area contributed by atoms with Gasteiger partial charge in [0, 0.05) is 24.2 Å². The maximum absolute atomic E-state index is 11.9. The van der Waals surface area contributed by atoms with Crippen LogP contribution in [0.2, 0.25) is 0 Å². The van der Waals surface area contributed by atoms with Crippen LogP contribution >= 0.6 is 11.3 Å². The number of rotatable bonds is 12. The Morgan fingerprint density at radius 3 is 2.38 bits per heavy atom. The van der Waals surface area contributed by atoms with Gasteiger partial charge in [-0.15, -0.1) is 0 Å². The van der Waals surface area contributed by atoms with E-state index < -0.39 is 0 Å². The van der Waals surface area contributed by atoms with Crippen LogP contribution in [0.3, 0.4) is 0 Å². The van der Waals surface area contributed by atoms with Gasteiger partial charge in [-0.3, -0.25) is 4.90 Å². The summed E-state index contributed by atoms with van der Waals surface area (Å²) in [7, 11) is 0. The van der Waals surface area contributed by atoms with Crippen molar-refractivity contribution in [3.8, 4) is 27.6 Å². The fourth-order valence-corrected chi connectivity index (χ4v) is 5.98. The molecule has 1 fully saturated rings. The highest BCUT2D eigenvalue weighted by Crippen LogP contribution is 2.29. The number of fused-ring (bicyclic) bond motifs is 1. The zero-order valence-electron chi connectivity index (χ0n) is 23.5. The van der Waals surface area contributed by atoms with Crippen LogP contribution in [-0.4, -0.2) is 70.5 Å². The van der Waals surface area contributed by atoms with E-state index in [2.05, 4.69) is 18.7 Å². The summed E-state index contributed by atoms with van der Waals surface area (Å²) in [5.41, 5.74) is 3.31. The van der Waals surface area contributed by atoms with E-state index in [-0.39, 0.29) is 5.97 Å². The second-order valence-electron chi connectivity index (χ2n) is 10.4. The van der Waals surface area contributed by atoms with Gasteiger partial charge < -0.3 is 14.2 Å². The van der Waals surface area contributed by atoms with Crippen LogP contribution in [0.4, 0.5) is 0 Å². The lowest BCUT2D eigenvalue weighted by Crippen LogP contribution is -2.45. The molecule has 0 unspecified atom stereocenters. The molecule has 0 N–H and O–H groups in total. The smallest absolute Gasteiger partial charge is 0.338 e. The van der Waals surface area contributed by atoms with Gasteiger partial charge in [-0.2, -0.15) is 5.10 Å². The molecule has 4 aromatic rings. The zero-order chi connectivity index (χ0) is 27.9. The van der Waals surface area contributed by atoms with Gasteiger partial charge in [-0.25, -0.2) is 14.3 Å². The Bertz CT molecular complexity index is 1340. The molecule has 212 valence electrons. The Balaban J connectivity index is 1.06. The highest BCUT2D eigenvalue weighted by molar-refractivity contribution is 7.19. The van der Waals surface area contributed by atoms with Crippen LogP contribution in [0.5, 0.6) is 5.75 Å². The molecule has 0 spiro atoms. The van der Waals surface area contributed by atoms with Gasteiger partial charge in [0.25, 0.3) is 0 Å². The molecule has 8 nitrogen and oxygen atoms in total. The predicted octanol–water partition coefficient (Wildman–Crippen LogP) is 6.35. The van der Waals surface area contributed by atoms with E-state index >= 15 is 0 Å². The van der Waals surface area contributed by atoms with Crippen LogP contribution < -0.4 is 4.74 Å². The number of hydrogen-bond acceptors (Lipinski definition) is 8. The summed E-state index contributed by atoms with van der Waals surface area (Å²) in [5.74, 6) is 0.567. The first-order valence-electron chi connectivity index (χ1n) is 14.2. The number of nitrogens with zero attached hydrogens (tertiary/aromatic N) is 4. The molecule has 2 aromatic heterocycles. The molecule has 5 rings (SSSR count). The summed E-state index contributed by atoms with van der Waals surface area (Å²) in [6.07, 6.45) is 7.30. The summed E-state index contributed by atoms with van der Waals surface area (Å²) < 4.78 is 18.7. The van der Waals surface area contributed by atoms with E-state index in [1.807, 2.05) is 42.6 Å². The van der Waals surface area contributed by atoms with E-state index in [0.717, 1.165) is 65.2 Å². The summed E-state index contributed by atoms with van der Waals surface area (Å²) >= 11 is 1.54. The number of ether oxygens (including phenoxy) is 3. The Morgan fingerprint density at radius 1 is 0.975 bits per heavy atom. The molecule has 1 aliphatic rings. The topological polar surface area (TPSA) is 78.2 Å². The summed E-state index contributed by atoms with van der Waals surface area (Å²) in [4.78, 5) is 20.0. The fourth-order valence-electron chi connectivity index (χ4n) is 5.09.